The SMILES string of the molecule is COC(=O)c1ccc(C)c(NS(=O)(=O)c2cccc3cnccc23)c1. The molecule has 6 nitrogen and oxygen atoms in total. The number of sulfonamides is 1. The van der Waals surface area contributed by atoms with Gasteiger partial charge in [0.25, 0.3) is 10.0 Å². The second-order valence-corrected chi connectivity index (χ2v) is 7.13. The normalized spacial score (nSPS) is 11.3. The third-order valence-electron chi connectivity index (χ3n) is 3.83. The van der Waals surface area contributed by atoms with Crippen molar-refractivity contribution >= 4 is 32.5 Å². The molecule has 0 bridgehead atoms. The summed E-state index contributed by atoms with van der Waals surface area (Å²) in [5.41, 5.74) is 1.29. The molecule has 3 aromatic rings. The Morgan fingerprint density at radius 3 is 2.72 bits per heavy atom. The first-order valence-electron chi connectivity index (χ1n) is 7.47. The number of rotatable bonds is 4. The number of benzene rings is 2. The van der Waals surface area contributed by atoms with E-state index in [1.54, 1.807) is 49.6 Å². The molecule has 3 rings (SSSR count). The fraction of sp³-hybridized carbons (Fsp3) is 0.111. The summed E-state index contributed by atoms with van der Waals surface area (Å²) in [6.07, 6.45) is 3.15. The molecule has 0 atom stereocenters. The summed E-state index contributed by atoms with van der Waals surface area (Å²) in [5, 5.41) is 1.30. The van der Waals surface area contributed by atoms with E-state index >= 15 is 0 Å². The number of hydrogen-bond acceptors (Lipinski definition) is 5. The number of aryl methyl sites for hydroxylation is 1. The molecule has 0 aliphatic carbocycles. The minimum absolute atomic E-state index is 0.148. The lowest BCUT2D eigenvalue weighted by atomic mass is 10.1. The van der Waals surface area contributed by atoms with Gasteiger partial charge in [0.1, 0.15) is 0 Å². The van der Waals surface area contributed by atoms with E-state index in [1.165, 1.54) is 19.2 Å². The summed E-state index contributed by atoms with van der Waals surface area (Å²) in [7, 11) is -2.57. The van der Waals surface area contributed by atoms with Crippen LogP contribution in [0.25, 0.3) is 10.8 Å². The zero-order chi connectivity index (χ0) is 18.0. The van der Waals surface area contributed by atoms with Gasteiger partial charge in [-0.15, -0.1) is 0 Å². The first kappa shape index (κ1) is 16.9. The molecule has 2 aromatic carbocycles. The lowest BCUT2D eigenvalue weighted by molar-refractivity contribution is 0.0601. The summed E-state index contributed by atoms with van der Waals surface area (Å²) in [5.74, 6) is -0.531. The van der Waals surface area contributed by atoms with E-state index in [9.17, 15) is 13.2 Å². The average molecular weight is 356 g/mol. The molecular weight excluding hydrogens is 340 g/mol. The quantitative estimate of drug-likeness (QED) is 0.726. The number of carbonyl (C=O) groups excluding carboxylic acids is 1. The van der Waals surface area contributed by atoms with Crippen LogP contribution < -0.4 is 4.72 Å². The summed E-state index contributed by atoms with van der Waals surface area (Å²) in [6.45, 7) is 1.76. The fourth-order valence-corrected chi connectivity index (χ4v) is 3.86. The molecule has 0 aliphatic heterocycles. The van der Waals surface area contributed by atoms with Crippen LogP contribution >= 0.6 is 0 Å². The number of nitrogens with one attached hydrogen (secondary N) is 1. The summed E-state index contributed by atoms with van der Waals surface area (Å²) in [4.78, 5) is 15.8. The minimum atomic E-state index is -3.84. The van der Waals surface area contributed by atoms with Gasteiger partial charge in [-0.05, 0) is 36.8 Å². The topological polar surface area (TPSA) is 85.4 Å². The molecule has 0 unspecified atom stereocenters. The van der Waals surface area contributed by atoms with Gasteiger partial charge in [-0.1, -0.05) is 18.2 Å². The van der Waals surface area contributed by atoms with E-state index in [2.05, 4.69) is 14.4 Å². The van der Waals surface area contributed by atoms with Gasteiger partial charge in [-0.25, -0.2) is 13.2 Å². The monoisotopic (exact) mass is 356 g/mol. The summed E-state index contributed by atoms with van der Waals surface area (Å²) >= 11 is 0. The van der Waals surface area contributed by atoms with E-state index in [1.807, 2.05) is 0 Å². The number of hydrogen-bond donors (Lipinski definition) is 1. The van der Waals surface area contributed by atoms with Crippen molar-refractivity contribution in [2.24, 2.45) is 0 Å². The Bertz CT molecular complexity index is 1060. The van der Waals surface area contributed by atoms with Gasteiger partial charge in [0.05, 0.1) is 23.3 Å². The number of ether oxygens (including phenoxy) is 1. The molecule has 25 heavy (non-hydrogen) atoms. The zero-order valence-corrected chi connectivity index (χ0v) is 14.5. The van der Waals surface area contributed by atoms with E-state index in [4.69, 9.17) is 0 Å². The smallest absolute Gasteiger partial charge is 0.337 e. The van der Waals surface area contributed by atoms with Crippen LogP contribution in [0.4, 0.5) is 5.69 Å². The predicted molar refractivity (Wildman–Crippen MR) is 95.1 cm³/mol. The Morgan fingerprint density at radius 2 is 1.96 bits per heavy atom. The lowest BCUT2D eigenvalue weighted by Gasteiger charge is -2.13. The molecule has 0 amide bonds. The number of esters is 1. The zero-order valence-electron chi connectivity index (χ0n) is 13.7. The first-order valence-corrected chi connectivity index (χ1v) is 8.95. The molecule has 128 valence electrons. The largest absolute Gasteiger partial charge is 0.465 e. The standard InChI is InChI=1S/C18H16N2O4S/c1-12-6-7-13(18(21)24-2)10-16(12)20-25(22,23)17-5-3-4-14-11-19-9-8-15(14)17/h3-11,20H,1-2H3. The Kier molecular flexibility index (Phi) is 4.41. The van der Waals surface area contributed by atoms with Crippen LogP contribution in [-0.2, 0) is 14.8 Å². The van der Waals surface area contributed by atoms with Gasteiger partial charge in [0.15, 0.2) is 0 Å². The van der Waals surface area contributed by atoms with Gasteiger partial charge in [-0.2, -0.15) is 0 Å². The number of pyridine rings is 1. The highest BCUT2D eigenvalue weighted by Crippen LogP contribution is 2.26. The lowest BCUT2D eigenvalue weighted by Crippen LogP contribution is -2.15. The minimum Gasteiger partial charge on any atom is -0.465 e. The average Bonchev–Trinajstić information content (AvgIpc) is 2.62. The highest BCUT2D eigenvalue weighted by molar-refractivity contribution is 7.93. The molecular formula is C18H16N2O4S. The van der Waals surface area contributed by atoms with Gasteiger partial charge >= 0.3 is 5.97 Å². The van der Waals surface area contributed by atoms with Gasteiger partial charge in [0, 0.05) is 23.2 Å². The van der Waals surface area contributed by atoms with Gasteiger partial charge in [-0.3, -0.25) is 9.71 Å². The molecule has 0 saturated carbocycles. The third kappa shape index (κ3) is 3.32. The molecule has 0 saturated heterocycles. The van der Waals surface area contributed by atoms with Crippen molar-refractivity contribution in [3.8, 4) is 0 Å². The van der Waals surface area contributed by atoms with E-state index in [-0.39, 0.29) is 10.5 Å². The van der Waals surface area contributed by atoms with Crippen molar-refractivity contribution in [2.45, 2.75) is 11.8 Å². The van der Waals surface area contributed by atoms with Crippen molar-refractivity contribution < 1.29 is 17.9 Å². The van der Waals surface area contributed by atoms with Gasteiger partial charge < -0.3 is 4.74 Å². The molecule has 0 spiro atoms. The van der Waals surface area contributed by atoms with Crippen LogP contribution in [0, 0.1) is 6.92 Å². The van der Waals surface area contributed by atoms with E-state index < -0.39 is 16.0 Å². The van der Waals surface area contributed by atoms with Crippen molar-refractivity contribution in [3.63, 3.8) is 0 Å². The molecule has 7 heteroatoms. The van der Waals surface area contributed by atoms with Gasteiger partial charge in [0.2, 0.25) is 0 Å². The molecule has 0 fully saturated rings. The number of methoxy groups -OCH3 is 1. The van der Waals surface area contributed by atoms with Crippen LogP contribution in [0.15, 0.2) is 59.8 Å². The number of fused-ring (bicyclic) bond motifs is 1. The Balaban J connectivity index is 2.06. The second-order valence-electron chi connectivity index (χ2n) is 5.48. The van der Waals surface area contributed by atoms with Crippen molar-refractivity contribution in [2.75, 3.05) is 11.8 Å². The van der Waals surface area contributed by atoms with Crippen molar-refractivity contribution in [1.29, 1.82) is 0 Å². The van der Waals surface area contributed by atoms with Crippen LogP contribution in [0.5, 0.6) is 0 Å². The second kappa shape index (κ2) is 6.52. The van der Waals surface area contributed by atoms with Crippen molar-refractivity contribution in [1.82, 2.24) is 4.98 Å². The highest BCUT2D eigenvalue weighted by atomic mass is 32.2. The molecule has 1 N–H and O–H groups in total. The maximum Gasteiger partial charge on any atom is 0.337 e. The van der Waals surface area contributed by atoms with Crippen molar-refractivity contribution in [3.05, 3.63) is 66.0 Å². The van der Waals surface area contributed by atoms with Crippen LogP contribution in [-0.4, -0.2) is 26.5 Å². The summed E-state index contributed by atoms with van der Waals surface area (Å²) < 4.78 is 33.0. The fourth-order valence-electron chi connectivity index (χ4n) is 2.50. The van der Waals surface area contributed by atoms with E-state index in [0.717, 1.165) is 5.39 Å². The van der Waals surface area contributed by atoms with Crippen LogP contribution in [0.3, 0.4) is 0 Å². The highest BCUT2D eigenvalue weighted by Gasteiger charge is 2.19. The Labute approximate surface area is 145 Å². The summed E-state index contributed by atoms with van der Waals surface area (Å²) in [6, 6.07) is 11.4. The Hall–Kier alpha value is -2.93. The number of anilines is 1. The number of nitrogens with zero attached hydrogens (tertiary/aromatic N) is 1. The molecule has 1 heterocycles. The maximum atomic E-state index is 12.9. The van der Waals surface area contributed by atoms with Crippen LogP contribution in [0.2, 0.25) is 0 Å². The van der Waals surface area contributed by atoms with Crippen LogP contribution in [0.1, 0.15) is 15.9 Å². The molecule has 0 radical (unpaired) electrons. The van der Waals surface area contributed by atoms with E-state index in [0.29, 0.717) is 16.6 Å². The maximum absolute atomic E-state index is 12.9. The number of carbonyl (C=O) groups is 1. The third-order valence-corrected chi connectivity index (χ3v) is 5.26. The molecule has 1 aromatic heterocycles. The number of aromatic nitrogens is 1. The Morgan fingerprint density at radius 1 is 1.16 bits per heavy atom. The predicted octanol–water partition coefficient (Wildman–Crippen LogP) is 3.13. The molecule has 0 aliphatic rings. The first-order chi connectivity index (χ1) is 11.9.